The SMILES string of the molecule is O=C1CCCC[C@H](C[C@H](O)CCc2ccccc2)N1. The van der Waals surface area contributed by atoms with Gasteiger partial charge in [-0.1, -0.05) is 36.8 Å². The number of aliphatic hydroxyl groups is 1. The first-order valence-electron chi connectivity index (χ1n) is 7.25. The van der Waals surface area contributed by atoms with E-state index in [9.17, 15) is 9.90 Å². The molecule has 0 saturated carbocycles. The molecule has 0 aromatic heterocycles. The molecule has 0 unspecified atom stereocenters. The Morgan fingerprint density at radius 2 is 2.05 bits per heavy atom. The molecular formula is C16H23NO2. The van der Waals surface area contributed by atoms with Crippen molar-refractivity contribution in [2.24, 2.45) is 0 Å². The van der Waals surface area contributed by atoms with Crippen LogP contribution in [-0.4, -0.2) is 23.2 Å². The van der Waals surface area contributed by atoms with Gasteiger partial charge in [0.1, 0.15) is 0 Å². The van der Waals surface area contributed by atoms with E-state index in [1.165, 1.54) is 5.56 Å². The summed E-state index contributed by atoms with van der Waals surface area (Å²) in [6.07, 6.45) is 5.68. The quantitative estimate of drug-likeness (QED) is 0.855. The second-order valence-electron chi connectivity index (χ2n) is 5.42. The third kappa shape index (κ3) is 5.03. The zero-order valence-corrected chi connectivity index (χ0v) is 11.3. The van der Waals surface area contributed by atoms with Gasteiger partial charge in [0.25, 0.3) is 0 Å². The standard InChI is InChI=1S/C16H23NO2/c18-15(11-10-13-6-2-1-3-7-13)12-14-8-4-5-9-16(19)17-14/h1-3,6-7,14-15,18H,4-5,8-12H2,(H,17,19)/t14-,15-/m1/s1. The van der Waals surface area contributed by atoms with Crippen molar-refractivity contribution >= 4 is 5.91 Å². The van der Waals surface area contributed by atoms with Gasteiger partial charge in [-0.3, -0.25) is 4.79 Å². The number of aryl methyl sites for hydroxylation is 1. The molecule has 3 heteroatoms. The first-order valence-corrected chi connectivity index (χ1v) is 7.25. The summed E-state index contributed by atoms with van der Waals surface area (Å²) >= 11 is 0. The van der Waals surface area contributed by atoms with Gasteiger partial charge in [-0.15, -0.1) is 0 Å². The van der Waals surface area contributed by atoms with E-state index in [-0.39, 0.29) is 18.1 Å². The highest BCUT2D eigenvalue weighted by Gasteiger charge is 2.19. The maximum Gasteiger partial charge on any atom is 0.220 e. The Kier molecular flexibility index (Phi) is 5.40. The fraction of sp³-hybridized carbons (Fsp3) is 0.562. The molecule has 1 fully saturated rings. The average Bonchev–Trinajstić information content (AvgIpc) is 2.62. The lowest BCUT2D eigenvalue weighted by molar-refractivity contribution is -0.121. The van der Waals surface area contributed by atoms with Crippen molar-refractivity contribution in [3.63, 3.8) is 0 Å². The molecule has 1 aliphatic rings. The summed E-state index contributed by atoms with van der Waals surface area (Å²) in [6.45, 7) is 0. The highest BCUT2D eigenvalue weighted by atomic mass is 16.3. The van der Waals surface area contributed by atoms with Crippen LogP contribution in [0.3, 0.4) is 0 Å². The van der Waals surface area contributed by atoms with Crippen molar-refractivity contribution in [2.75, 3.05) is 0 Å². The highest BCUT2D eigenvalue weighted by Crippen LogP contribution is 2.15. The number of hydrogen-bond acceptors (Lipinski definition) is 2. The molecule has 1 aliphatic heterocycles. The van der Waals surface area contributed by atoms with Gasteiger partial charge in [-0.2, -0.15) is 0 Å². The summed E-state index contributed by atoms with van der Waals surface area (Å²) in [6, 6.07) is 10.4. The van der Waals surface area contributed by atoms with E-state index in [2.05, 4.69) is 17.4 Å². The van der Waals surface area contributed by atoms with Crippen molar-refractivity contribution in [2.45, 2.75) is 57.1 Å². The van der Waals surface area contributed by atoms with Gasteiger partial charge in [-0.05, 0) is 37.7 Å². The van der Waals surface area contributed by atoms with Crippen LogP contribution in [0.4, 0.5) is 0 Å². The molecule has 0 radical (unpaired) electrons. The van der Waals surface area contributed by atoms with E-state index in [1.807, 2.05) is 18.2 Å². The third-order valence-electron chi connectivity index (χ3n) is 3.74. The van der Waals surface area contributed by atoms with Gasteiger partial charge in [0.15, 0.2) is 0 Å². The smallest absolute Gasteiger partial charge is 0.220 e. The van der Waals surface area contributed by atoms with Gasteiger partial charge in [0, 0.05) is 12.5 Å². The van der Waals surface area contributed by atoms with Crippen LogP contribution < -0.4 is 5.32 Å². The Morgan fingerprint density at radius 3 is 2.84 bits per heavy atom. The number of carbonyl (C=O) groups is 1. The Hall–Kier alpha value is -1.35. The van der Waals surface area contributed by atoms with Crippen molar-refractivity contribution in [1.82, 2.24) is 5.32 Å². The molecule has 1 amide bonds. The largest absolute Gasteiger partial charge is 0.393 e. The summed E-state index contributed by atoms with van der Waals surface area (Å²) in [5.41, 5.74) is 1.26. The molecule has 1 aromatic rings. The highest BCUT2D eigenvalue weighted by molar-refractivity contribution is 5.76. The predicted octanol–water partition coefficient (Wildman–Crippen LogP) is 2.43. The predicted molar refractivity (Wildman–Crippen MR) is 75.8 cm³/mol. The lowest BCUT2D eigenvalue weighted by Crippen LogP contribution is -2.35. The molecule has 104 valence electrons. The van der Waals surface area contributed by atoms with Crippen LogP contribution in [-0.2, 0) is 11.2 Å². The van der Waals surface area contributed by atoms with E-state index in [4.69, 9.17) is 0 Å². The Morgan fingerprint density at radius 1 is 1.26 bits per heavy atom. The van der Waals surface area contributed by atoms with Crippen molar-refractivity contribution in [1.29, 1.82) is 0 Å². The number of amides is 1. The van der Waals surface area contributed by atoms with Crippen LogP contribution in [0.25, 0.3) is 0 Å². The maximum atomic E-state index is 11.5. The normalized spacial score (nSPS) is 21.5. The van der Waals surface area contributed by atoms with Gasteiger partial charge < -0.3 is 10.4 Å². The molecule has 1 heterocycles. The summed E-state index contributed by atoms with van der Waals surface area (Å²) in [5, 5.41) is 13.1. The zero-order valence-electron chi connectivity index (χ0n) is 11.3. The van der Waals surface area contributed by atoms with Crippen LogP contribution in [0.5, 0.6) is 0 Å². The second kappa shape index (κ2) is 7.29. The second-order valence-corrected chi connectivity index (χ2v) is 5.42. The van der Waals surface area contributed by atoms with E-state index in [0.717, 1.165) is 32.1 Å². The Balaban J connectivity index is 1.74. The van der Waals surface area contributed by atoms with Crippen molar-refractivity contribution in [3.05, 3.63) is 35.9 Å². The lowest BCUT2D eigenvalue weighted by Gasteiger charge is -2.19. The molecule has 1 aromatic carbocycles. The van der Waals surface area contributed by atoms with E-state index >= 15 is 0 Å². The topological polar surface area (TPSA) is 49.3 Å². The first-order chi connectivity index (χ1) is 9.24. The molecule has 1 saturated heterocycles. The molecule has 3 nitrogen and oxygen atoms in total. The van der Waals surface area contributed by atoms with Crippen molar-refractivity contribution < 1.29 is 9.90 Å². The van der Waals surface area contributed by atoms with Gasteiger partial charge in [0.2, 0.25) is 5.91 Å². The van der Waals surface area contributed by atoms with Crippen LogP contribution in [0.2, 0.25) is 0 Å². The summed E-state index contributed by atoms with van der Waals surface area (Å²) in [5.74, 6) is 0.137. The molecule has 2 atom stereocenters. The van der Waals surface area contributed by atoms with Gasteiger partial charge in [0.05, 0.1) is 6.10 Å². The van der Waals surface area contributed by atoms with Crippen LogP contribution in [0, 0.1) is 0 Å². The first kappa shape index (κ1) is 14.1. The van der Waals surface area contributed by atoms with Crippen LogP contribution in [0.15, 0.2) is 30.3 Å². The van der Waals surface area contributed by atoms with Crippen LogP contribution in [0.1, 0.15) is 44.1 Å². The minimum atomic E-state index is -0.330. The molecule has 2 rings (SSSR count). The minimum Gasteiger partial charge on any atom is -0.393 e. The molecule has 19 heavy (non-hydrogen) atoms. The van der Waals surface area contributed by atoms with Crippen molar-refractivity contribution in [3.8, 4) is 0 Å². The average molecular weight is 261 g/mol. The molecule has 0 spiro atoms. The number of aliphatic hydroxyl groups excluding tert-OH is 1. The van der Waals surface area contributed by atoms with E-state index < -0.39 is 0 Å². The fourth-order valence-electron chi connectivity index (χ4n) is 2.65. The number of rotatable bonds is 5. The number of carbonyl (C=O) groups excluding carboxylic acids is 1. The molecule has 0 aliphatic carbocycles. The number of hydrogen-bond donors (Lipinski definition) is 2. The Labute approximate surface area is 115 Å². The molecular weight excluding hydrogens is 238 g/mol. The number of benzene rings is 1. The molecule has 0 bridgehead atoms. The maximum absolute atomic E-state index is 11.5. The lowest BCUT2D eigenvalue weighted by atomic mass is 9.99. The zero-order chi connectivity index (χ0) is 13.5. The fourth-order valence-corrected chi connectivity index (χ4v) is 2.65. The summed E-state index contributed by atoms with van der Waals surface area (Å²) < 4.78 is 0. The van der Waals surface area contributed by atoms with Gasteiger partial charge >= 0.3 is 0 Å². The Bertz CT molecular complexity index is 391. The molecule has 2 N–H and O–H groups in total. The summed E-state index contributed by atoms with van der Waals surface area (Å²) in [4.78, 5) is 11.5. The van der Waals surface area contributed by atoms with Gasteiger partial charge in [-0.25, -0.2) is 0 Å². The summed E-state index contributed by atoms with van der Waals surface area (Å²) in [7, 11) is 0. The van der Waals surface area contributed by atoms with E-state index in [1.54, 1.807) is 0 Å². The minimum absolute atomic E-state index is 0.137. The number of nitrogens with one attached hydrogen (secondary N) is 1. The van der Waals surface area contributed by atoms with E-state index in [0.29, 0.717) is 12.8 Å². The van der Waals surface area contributed by atoms with Crippen LogP contribution >= 0.6 is 0 Å². The third-order valence-corrected chi connectivity index (χ3v) is 3.74. The monoisotopic (exact) mass is 261 g/mol.